The van der Waals surface area contributed by atoms with Gasteiger partial charge in [0.05, 0.1) is 18.4 Å². The van der Waals surface area contributed by atoms with E-state index in [-0.39, 0.29) is 0 Å². The molecule has 0 spiro atoms. The number of anilines is 1. The second kappa shape index (κ2) is 5.24. The molecule has 3 heterocycles. The average Bonchev–Trinajstić information content (AvgIpc) is 2.95. The maximum absolute atomic E-state index is 4.55. The van der Waals surface area contributed by atoms with Crippen LogP contribution in [-0.4, -0.2) is 31.6 Å². The summed E-state index contributed by atoms with van der Waals surface area (Å²) in [6.45, 7) is 2.80. The Bertz CT molecular complexity index is 706. The molecule has 0 saturated heterocycles. The molecule has 0 unspecified atom stereocenters. The van der Waals surface area contributed by atoms with Crippen LogP contribution in [-0.2, 0) is 13.0 Å². The zero-order valence-electron chi connectivity index (χ0n) is 11.6. The van der Waals surface area contributed by atoms with Crippen molar-refractivity contribution in [1.29, 1.82) is 0 Å². The summed E-state index contributed by atoms with van der Waals surface area (Å²) in [5.41, 5.74) is 2.90. The first-order valence-electron chi connectivity index (χ1n) is 6.57. The van der Waals surface area contributed by atoms with Gasteiger partial charge in [0.1, 0.15) is 12.1 Å². The minimum atomic E-state index is 0.699. The van der Waals surface area contributed by atoms with Crippen LogP contribution in [0.4, 0.5) is 5.82 Å². The van der Waals surface area contributed by atoms with E-state index < -0.39 is 0 Å². The molecule has 3 aromatic rings. The molecule has 6 heteroatoms. The highest BCUT2D eigenvalue weighted by Crippen LogP contribution is 2.17. The quantitative estimate of drug-likeness (QED) is 0.721. The Hall–Kier alpha value is -2.50. The van der Waals surface area contributed by atoms with E-state index in [0.29, 0.717) is 6.54 Å². The van der Waals surface area contributed by atoms with E-state index in [4.69, 9.17) is 0 Å². The van der Waals surface area contributed by atoms with Gasteiger partial charge in [0, 0.05) is 31.1 Å². The number of hydrogen-bond acceptors (Lipinski definition) is 5. The fourth-order valence-corrected chi connectivity index (χ4v) is 2.14. The van der Waals surface area contributed by atoms with Crippen LogP contribution in [0.1, 0.15) is 18.3 Å². The first-order valence-corrected chi connectivity index (χ1v) is 6.57. The van der Waals surface area contributed by atoms with Crippen molar-refractivity contribution in [2.24, 2.45) is 0 Å². The molecule has 0 aliphatic rings. The molecule has 20 heavy (non-hydrogen) atoms. The van der Waals surface area contributed by atoms with Gasteiger partial charge in [-0.1, -0.05) is 6.92 Å². The molecule has 0 radical (unpaired) electrons. The fourth-order valence-electron chi connectivity index (χ4n) is 2.14. The molecular weight excluding hydrogens is 252 g/mol. The highest BCUT2D eigenvalue weighted by atomic mass is 15.3. The third-order valence-corrected chi connectivity index (χ3v) is 3.19. The fraction of sp³-hybridized carbons (Fsp3) is 0.286. The topological polar surface area (TPSA) is 59.2 Å². The Balaban J connectivity index is 1.98. The molecular formula is C14H16N6. The lowest BCUT2D eigenvalue weighted by Gasteiger charge is -2.20. The summed E-state index contributed by atoms with van der Waals surface area (Å²) in [5, 5.41) is 4.34. The first kappa shape index (κ1) is 12.5. The predicted octanol–water partition coefficient (Wildman–Crippen LogP) is 1.72. The van der Waals surface area contributed by atoms with Crippen molar-refractivity contribution in [2.75, 3.05) is 11.9 Å². The van der Waals surface area contributed by atoms with E-state index in [1.807, 2.05) is 23.7 Å². The van der Waals surface area contributed by atoms with E-state index in [1.165, 1.54) is 0 Å². The van der Waals surface area contributed by atoms with E-state index in [1.54, 1.807) is 18.7 Å². The van der Waals surface area contributed by atoms with Gasteiger partial charge in [-0.3, -0.25) is 0 Å². The van der Waals surface area contributed by atoms with Gasteiger partial charge in [0.25, 0.3) is 0 Å². The molecule has 0 aliphatic carbocycles. The minimum Gasteiger partial charge on any atom is -0.354 e. The monoisotopic (exact) mass is 268 g/mol. The van der Waals surface area contributed by atoms with E-state index in [0.717, 1.165) is 29.3 Å². The van der Waals surface area contributed by atoms with Crippen LogP contribution in [0.5, 0.6) is 0 Å². The molecule has 0 aliphatic heterocycles. The standard InChI is InChI=1S/C14H16N6/c1-3-11-8-14(20-13(18-11)5-7-17-20)19(2)9-12-4-6-15-10-16-12/h4-8,10H,3,9H2,1-2H3. The molecule has 0 atom stereocenters. The summed E-state index contributed by atoms with van der Waals surface area (Å²) < 4.78 is 1.85. The van der Waals surface area contributed by atoms with Crippen molar-refractivity contribution in [2.45, 2.75) is 19.9 Å². The second-order valence-electron chi connectivity index (χ2n) is 4.62. The lowest BCUT2D eigenvalue weighted by atomic mass is 10.3. The van der Waals surface area contributed by atoms with Gasteiger partial charge in [-0.15, -0.1) is 0 Å². The van der Waals surface area contributed by atoms with Crippen LogP contribution in [0, 0.1) is 0 Å². The highest BCUT2D eigenvalue weighted by molar-refractivity contribution is 5.50. The number of rotatable bonds is 4. The van der Waals surface area contributed by atoms with E-state index in [2.05, 4.69) is 37.9 Å². The molecule has 3 rings (SSSR count). The molecule has 0 fully saturated rings. The molecule has 0 amide bonds. The van der Waals surface area contributed by atoms with Crippen molar-refractivity contribution < 1.29 is 0 Å². The zero-order chi connectivity index (χ0) is 13.9. The maximum atomic E-state index is 4.55. The third-order valence-electron chi connectivity index (χ3n) is 3.19. The van der Waals surface area contributed by atoms with Crippen molar-refractivity contribution in [3.63, 3.8) is 0 Å². The van der Waals surface area contributed by atoms with Crippen LogP contribution < -0.4 is 4.90 Å². The summed E-state index contributed by atoms with van der Waals surface area (Å²) in [6.07, 6.45) is 5.99. The maximum Gasteiger partial charge on any atom is 0.157 e. The lowest BCUT2D eigenvalue weighted by molar-refractivity contribution is 0.805. The van der Waals surface area contributed by atoms with Gasteiger partial charge >= 0.3 is 0 Å². The van der Waals surface area contributed by atoms with Crippen LogP contribution in [0.3, 0.4) is 0 Å². The van der Waals surface area contributed by atoms with E-state index >= 15 is 0 Å². The largest absolute Gasteiger partial charge is 0.354 e. The van der Waals surface area contributed by atoms with Gasteiger partial charge in [-0.05, 0) is 12.5 Å². The molecule has 0 bridgehead atoms. The Morgan fingerprint density at radius 3 is 2.85 bits per heavy atom. The zero-order valence-corrected chi connectivity index (χ0v) is 11.6. The summed E-state index contributed by atoms with van der Waals surface area (Å²) in [4.78, 5) is 14.9. The molecule has 6 nitrogen and oxygen atoms in total. The SMILES string of the molecule is CCc1cc(N(C)Cc2ccncn2)n2nccc2n1. The highest BCUT2D eigenvalue weighted by Gasteiger charge is 2.10. The smallest absolute Gasteiger partial charge is 0.157 e. The molecule has 0 N–H and O–H groups in total. The molecule has 0 saturated carbocycles. The van der Waals surface area contributed by atoms with Crippen molar-refractivity contribution >= 4 is 11.5 Å². The third kappa shape index (κ3) is 2.32. The number of hydrogen-bond donors (Lipinski definition) is 0. The first-order chi connectivity index (χ1) is 9.78. The normalized spacial score (nSPS) is 10.9. The Morgan fingerprint density at radius 2 is 2.10 bits per heavy atom. The van der Waals surface area contributed by atoms with E-state index in [9.17, 15) is 0 Å². The number of aryl methyl sites for hydroxylation is 1. The Labute approximate surface area is 117 Å². The number of aromatic nitrogens is 5. The number of fused-ring (bicyclic) bond motifs is 1. The van der Waals surface area contributed by atoms with Gasteiger partial charge < -0.3 is 4.90 Å². The summed E-state index contributed by atoms with van der Waals surface area (Å²) in [7, 11) is 2.03. The molecule has 0 aromatic carbocycles. The van der Waals surface area contributed by atoms with Crippen molar-refractivity contribution in [3.8, 4) is 0 Å². The van der Waals surface area contributed by atoms with Crippen LogP contribution in [0.25, 0.3) is 5.65 Å². The minimum absolute atomic E-state index is 0.699. The Morgan fingerprint density at radius 1 is 1.20 bits per heavy atom. The van der Waals surface area contributed by atoms with Gasteiger partial charge in [-0.2, -0.15) is 9.61 Å². The van der Waals surface area contributed by atoms with Crippen LogP contribution in [0.15, 0.2) is 36.9 Å². The molecule has 102 valence electrons. The summed E-state index contributed by atoms with van der Waals surface area (Å²) >= 11 is 0. The van der Waals surface area contributed by atoms with Crippen molar-refractivity contribution in [3.05, 3.63) is 48.3 Å². The molecule has 3 aromatic heterocycles. The Kier molecular flexibility index (Phi) is 3.28. The van der Waals surface area contributed by atoms with Crippen LogP contribution in [0.2, 0.25) is 0 Å². The van der Waals surface area contributed by atoms with Gasteiger partial charge in [-0.25, -0.2) is 15.0 Å². The van der Waals surface area contributed by atoms with Gasteiger partial charge in [0.2, 0.25) is 0 Å². The summed E-state index contributed by atoms with van der Waals surface area (Å²) in [6, 6.07) is 5.90. The number of nitrogens with zero attached hydrogens (tertiary/aromatic N) is 6. The second-order valence-corrected chi connectivity index (χ2v) is 4.62. The van der Waals surface area contributed by atoms with Crippen molar-refractivity contribution in [1.82, 2.24) is 24.6 Å². The predicted molar refractivity (Wildman–Crippen MR) is 76.5 cm³/mol. The average molecular weight is 268 g/mol. The lowest BCUT2D eigenvalue weighted by Crippen LogP contribution is -2.21. The van der Waals surface area contributed by atoms with Crippen LogP contribution >= 0.6 is 0 Å². The summed E-state index contributed by atoms with van der Waals surface area (Å²) in [5.74, 6) is 1.01. The van der Waals surface area contributed by atoms with Gasteiger partial charge in [0.15, 0.2) is 5.65 Å².